The van der Waals surface area contributed by atoms with E-state index in [1.54, 1.807) is 0 Å². The summed E-state index contributed by atoms with van der Waals surface area (Å²) in [7, 11) is 0. The molecular formula is C7H11. The summed E-state index contributed by atoms with van der Waals surface area (Å²) in [5, 5.41) is 0. The van der Waals surface area contributed by atoms with Gasteiger partial charge < -0.3 is 0 Å². The number of allylic oxidation sites excluding steroid dienone is 2. The summed E-state index contributed by atoms with van der Waals surface area (Å²) >= 11 is 0. The fourth-order valence-electron chi connectivity index (χ4n) is 0.910. The second-order valence-corrected chi connectivity index (χ2v) is 2.04. The molecule has 0 saturated carbocycles. The van der Waals surface area contributed by atoms with Crippen LogP contribution in [0.3, 0.4) is 0 Å². The molecule has 0 atom stereocenters. The zero-order valence-electron chi connectivity index (χ0n) is 4.72. The van der Waals surface area contributed by atoms with Crippen LogP contribution in [0.25, 0.3) is 0 Å². The van der Waals surface area contributed by atoms with Crippen molar-refractivity contribution >= 4 is 0 Å². The van der Waals surface area contributed by atoms with E-state index in [1.165, 1.54) is 12.8 Å². The molecule has 39 valence electrons. The van der Waals surface area contributed by atoms with Gasteiger partial charge in [-0.1, -0.05) is 19.1 Å². The highest BCUT2D eigenvalue weighted by molar-refractivity contribution is 4.97. The lowest BCUT2D eigenvalue weighted by Gasteiger charge is -1.99. The minimum Gasteiger partial charge on any atom is -0.0882 e. The Morgan fingerprint density at radius 2 is 2.00 bits per heavy atom. The molecule has 7 heavy (non-hydrogen) atoms. The maximum atomic E-state index is 2.28. The Bertz CT molecular complexity index is 64.1. The Kier molecular flexibility index (Phi) is 1.50. The van der Waals surface area contributed by atoms with Crippen LogP contribution in [0.4, 0.5) is 0 Å². The van der Waals surface area contributed by atoms with Crippen molar-refractivity contribution in [2.24, 2.45) is 5.92 Å². The monoisotopic (exact) mass is 95.1 g/mol. The Labute approximate surface area is 45.2 Å². The van der Waals surface area contributed by atoms with Crippen LogP contribution >= 0.6 is 0 Å². The largest absolute Gasteiger partial charge is 0.0882 e. The number of hydrogen-bond donors (Lipinski definition) is 0. The van der Waals surface area contributed by atoms with Crippen LogP contribution in [-0.2, 0) is 0 Å². The van der Waals surface area contributed by atoms with Gasteiger partial charge in [0.05, 0.1) is 0 Å². The first-order chi connectivity index (χ1) is 3.43. The van der Waals surface area contributed by atoms with Gasteiger partial charge in [-0.2, -0.15) is 0 Å². The third-order valence-electron chi connectivity index (χ3n) is 1.52. The van der Waals surface area contributed by atoms with E-state index in [1.807, 2.05) is 0 Å². The van der Waals surface area contributed by atoms with Crippen LogP contribution < -0.4 is 0 Å². The molecule has 0 amide bonds. The molecule has 0 nitrogen and oxygen atoms in total. The van der Waals surface area contributed by atoms with Crippen LogP contribution in [0, 0.1) is 12.3 Å². The van der Waals surface area contributed by atoms with Crippen LogP contribution in [0.15, 0.2) is 12.2 Å². The fraction of sp³-hybridized carbons (Fsp3) is 0.571. The van der Waals surface area contributed by atoms with E-state index in [4.69, 9.17) is 0 Å². The van der Waals surface area contributed by atoms with Gasteiger partial charge >= 0.3 is 0 Å². The molecule has 0 saturated heterocycles. The lowest BCUT2D eigenvalue weighted by Crippen LogP contribution is -1.88. The van der Waals surface area contributed by atoms with Crippen molar-refractivity contribution < 1.29 is 0 Å². The number of rotatable bonds is 1. The molecule has 0 spiro atoms. The predicted octanol–water partition coefficient (Wildman–Crippen LogP) is 2.18. The predicted molar refractivity (Wildman–Crippen MR) is 31.8 cm³/mol. The van der Waals surface area contributed by atoms with Crippen LogP contribution in [0.1, 0.15) is 19.8 Å². The van der Waals surface area contributed by atoms with Crippen LogP contribution in [-0.4, -0.2) is 0 Å². The van der Waals surface area contributed by atoms with Gasteiger partial charge in [-0.25, -0.2) is 0 Å². The summed E-state index contributed by atoms with van der Waals surface area (Å²) in [6.07, 6.45) is 9.34. The van der Waals surface area contributed by atoms with Crippen molar-refractivity contribution in [3.8, 4) is 0 Å². The molecule has 0 heteroatoms. The SMILES string of the molecule is C[CH]C1CC=CC1. The first-order valence-electron chi connectivity index (χ1n) is 2.88. The third kappa shape index (κ3) is 1.05. The standard InChI is InChI=1S/C7H11/c1-2-7-5-3-4-6-7/h2-4,7H,5-6H2,1H3. The summed E-state index contributed by atoms with van der Waals surface area (Å²) in [6.45, 7) is 2.14. The summed E-state index contributed by atoms with van der Waals surface area (Å²) in [5.41, 5.74) is 0. The molecule has 0 N–H and O–H groups in total. The summed E-state index contributed by atoms with van der Waals surface area (Å²) in [4.78, 5) is 0. The van der Waals surface area contributed by atoms with Gasteiger partial charge in [-0.15, -0.1) is 0 Å². The molecule has 1 radical (unpaired) electrons. The lowest BCUT2D eigenvalue weighted by molar-refractivity contribution is 0.662. The van der Waals surface area contributed by atoms with Crippen molar-refractivity contribution in [1.82, 2.24) is 0 Å². The lowest BCUT2D eigenvalue weighted by atomic mass is 10.1. The van der Waals surface area contributed by atoms with E-state index in [2.05, 4.69) is 25.5 Å². The molecule has 0 bridgehead atoms. The number of hydrogen-bond acceptors (Lipinski definition) is 0. The zero-order valence-corrected chi connectivity index (χ0v) is 4.72. The summed E-state index contributed by atoms with van der Waals surface area (Å²) in [6, 6.07) is 0. The maximum Gasteiger partial charge on any atom is -0.0317 e. The molecule has 0 aromatic heterocycles. The Morgan fingerprint density at radius 1 is 1.43 bits per heavy atom. The molecule has 0 aliphatic heterocycles. The fourth-order valence-corrected chi connectivity index (χ4v) is 0.910. The smallest absolute Gasteiger partial charge is 0.0317 e. The highest BCUT2D eigenvalue weighted by Gasteiger charge is 2.05. The van der Waals surface area contributed by atoms with E-state index in [0.29, 0.717) is 0 Å². The molecular weight excluding hydrogens is 84.1 g/mol. The molecule has 0 fully saturated rings. The van der Waals surface area contributed by atoms with Gasteiger partial charge in [-0.05, 0) is 25.2 Å². The second kappa shape index (κ2) is 2.15. The van der Waals surface area contributed by atoms with Crippen LogP contribution in [0.5, 0.6) is 0 Å². The summed E-state index contributed by atoms with van der Waals surface area (Å²) < 4.78 is 0. The topological polar surface area (TPSA) is 0 Å². The van der Waals surface area contributed by atoms with Gasteiger partial charge in [0.15, 0.2) is 0 Å². The van der Waals surface area contributed by atoms with Gasteiger partial charge in [0.1, 0.15) is 0 Å². The highest BCUT2D eigenvalue weighted by Crippen LogP contribution is 2.19. The Balaban J connectivity index is 2.22. The van der Waals surface area contributed by atoms with Crippen molar-refractivity contribution in [1.29, 1.82) is 0 Å². The van der Waals surface area contributed by atoms with Crippen molar-refractivity contribution in [2.75, 3.05) is 0 Å². The van der Waals surface area contributed by atoms with Crippen LogP contribution in [0.2, 0.25) is 0 Å². The quantitative estimate of drug-likeness (QED) is 0.438. The van der Waals surface area contributed by atoms with E-state index < -0.39 is 0 Å². The second-order valence-electron chi connectivity index (χ2n) is 2.04. The average Bonchev–Trinajstić information content (AvgIpc) is 2.14. The molecule has 0 heterocycles. The molecule has 1 aliphatic rings. The molecule has 0 aromatic carbocycles. The van der Waals surface area contributed by atoms with Gasteiger partial charge in [-0.3, -0.25) is 0 Å². The van der Waals surface area contributed by atoms with E-state index in [9.17, 15) is 0 Å². The van der Waals surface area contributed by atoms with E-state index in [0.717, 1.165) is 5.92 Å². The molecule has 0 aromatic rings. The highest BCUT2D eigenvalue weighted by atomic mass is 14.1. The third-order valence-corrected chi connectivity index (χ3v) is 1.52. The summed E-state index contributed by atoms with van der Waals surface area (Å²) in [5.74, 6) is 0.861. The molecule has 1 aliphatic carbocycles. The van der Waals surface area contributed by atoms with Gasteiger partial charge in [0.25, 0.3) is 0 Å². The van der Waals surface area contributed by atoms with E-state index >= 15 is 0 Å². The van der Waals surface area contributed by atoms with Crippen molar-refractivity contribution in [3.63, 3.8) is 0 Å². The Hall–Kier alpha value is -0.260. The maximum absolute atomic E-state index is 2.28. The average molecular weight is 95.2 g/mol. The van der Waals surface area contributed by atoms with Crippen molar-refractivity contribution in [3.05, 3.63) is 18.6 Å². The molecule has 0 unspecified atom stereocenters. The van der Waals surface area contributed by atoms with Gasteiger partial charge in [0.2, 0.25) is 0 Å². The zero-order chi connectivity index (χ0) is 5.11. The van der Waals surface area contributed by atoms with Crippen molar-refractivity contribution in [2.45, 2.75) is 19.8 Å². The van der Waals surface area contributed by atoms with Gasteiger partial charge in [0, 0.05) is 0 Å². The normalized spacial score (nSPS) is 21.3. The molecule has 1 rings (SSSR count). The Morgan fingerprint density at radius 3 is 2.29 bits per heavy atom. The first kappa shape index (κ1) is 4.89. The minimum atomic E-state index is 0.861. The van der Waals surface area contributed by atoms with E-state index in [-0.39, 0.29) is 0 Å². The minimum absolute atomic E-state index is 0.861. The first-order valence-corrected chi connectivity index (χ1v) is 2.88.